The van der Waals surface area contributed by atoms with Crippen molar-refractivity contribution < 1.29 is 14.3 Å². The highest BCUT2D eigenvalue weighted by Crippen LogP contribution is 2.03. The first kappa shape index (κ1) is 16.2. The first-order valence-electron chi connectivity index (χ1n) is 7.41. The van der Waals surface area contributed by atoms with Gasteiger partial charge in [0.2, 0.25) is 5.91 Å². The van der Waals surface area contributed by atoms with Gasteiger partial charge in [-0.3, -0.25) is 14.7 Å². The van der Waals surface area contributed by atoms with Crippen molar-refractivity contribution in [3.8, 4) is 0 Å². The topological polar surface area (TPSA) is 74.8 Å². The Bertz CT molecular complexity index is 495. The Kier molecular flexibility index (Phi) is 6.14. The molecule has 0 atom stereocenters. The Balaban J connectivity index is 1.64. The molecule has 22 heavy (non-hydrogen) atoms. The van der Waals surface area contributed by atoms with Crippen LogP contribution in [-0.2, 0) is 16.1 Å². The minimum atomic E-state index is -0.296. The molecular formula is C15H22N4O3. The van der Waals surface area contributed by atoms with Crippen LogP contribution in [0.15, 0.2) is 24.5 Å². The van der Waals surface area contributed by atoms with Crippen molar-refractivity contribution in [2.45, 2.75) is 13.0 Å². The fourth-order valence-corrected chi connectivity index (χ4v) is 2.29. The SMILES string of the molecule is CN(CC(=O)NCCN1CCCOC1=O)Cc1ccncc1. The summed E-state index contributed by atoms with van der Waals surface area (Å²) in [5, 5.41) is 2.82. The molecule has 1 N–H and O–H groups in total. The molecule has 7 heteroatoms. The lowest BCUT2D eigenvalue weighted by Crippen LogP contribution is -2.44. The van der Waals surface area contributed by atoms with E-state index in [1.807, 2.05) is 24.1 Å². The number of nitrogens with zero attached hydrogens (tertiary/aromatic N) is 3. The van der Waals surface area contributed by atoms with Gasteiger partial charge in [0.25, 0.3) is 0 Å². The first-order chi connectivity index (χ1) is 10.6. The Morgan fingerprint density at radius 2 is 2.23 bits per heavy atom. The van der Waals surface area contributed by atoms with Crippen molar-refractivity contribution in [3.05, 3.63) is 30.1 Å². The normalized spacial score (nSPS) is 14.8. The third-order valence-electron chi connectivity index (χ3n) is 3.38. The van der Waals surface area contributed by atoms with Gasteiger partial charge in [0.15, 0.2) is 0 Å². The van der Waals surface area contributed by atoms with Gasteiger partial charge in [0, 0.05) is 38.6 Å². The number of pyridine rings is 1. The molecule has 0 unspecified atom stereocenters. The third kappa shape index (κ3) is 5.33. The van der Waals surface area contributed by atoms with Crippen molar-refractivity contribution >= 4 is 12.0 Å². The summed E-state index contributed by atoms with van der Waals surface area (Å²) >= 11 is 0. The van der Waals surface area contributed by atoms with Gasteiger partial charge in [-0.2, -0.15) is 0 Å². The van der Waals surface area contributed by atoms with Gasteiger partial charge in [0.05, 0.1) is 13.2 Å². The summed E-state index contributed by atoms with van der Waals surface area (Å²) < 4.78 is 4.94. The van der Waals surface area contributed by atoms with Gasteiger partial charge < -0.3 is 15.0 Å². The molecule has 1 aliphatic rings. The molecule has 0 bridgehead atoms. The molecule has 0 aromatic carbocycles. The molecule has 0 spiro atoms. The standard InChI is InChI=1S/C15H22N4O3/c1-18(11-13-3-5-16-6-4-13)12-14(20)17-7-9-19-8-2-10-22-15(19)21/h3-6H,2,7-12H2,1H3,(H,17,20). The maximum atomic E-state index is 11.9. The molecule has 1 aromatic rings. The van der Waals surface area contributed by atoms with E-state index in [-0.39, 0.29) is 12.0 Å². The van der Waals surface area contributed by atoms with Gasteiger partial charge in [-0.05, 0) is 31.2 Å². The van der Waals surface area contributed by atoms with Gasteiger partial charge in [-0.1, -0.05) is 0 Å². The van der Waals surface area contributed by atoms with Crippen molar-refractivity contribution in [1.82, 2.24) is 20.1 Å². The summed E-state index contributed by atoms with van der Waals surface area (Å²) in [6.45, 7) is 3.11. The number of carbonyl (C=O) groups excluding carboxylic acids is 2. The molecule has 7 nitrogen and oxygen atoms in total. The largest absolute Gasteiger partial charge is 0.449 e. The number of aromatic nitrogens is 1. The molecular weight excluding hydrogens is 284 g/mol. The Labute approximate surface area is 130 Å². The Hall–Kier alpha value is -2.15. The van der Waals surface area contributed by atoms with Crippen LogP contribution < -0.4 is 5.32 Å². The second-order valence-corrected chi connectivity index (χ2v) is 5.33. The Morgan fingerprint density at radius 1 is 1.45 bits per heavy atom. The van der Waals surface area contributed by atoms with E-state index in [0.717, 1.165) is 12.0 Å². The minimum absolute atomic E-state index is 0.0538. The molecule has 120 valence electrons. The number of amides is 2. The van der Waals surface area contributed by atoms with Crippen LogP contribution in [0.25, 0.3) is 0 Å². The zero-order chi connectivity index (χ0) is 15.8. The smallest absolute Gasteiger partial charge is 0.409 e. The summed E-state index contributed by atoms with van der Waals surface area (Å²) in [7, 11) is 1.89. The van der Waals surface area contributed by atoms with Crippen LogP contribution in [-0.4, -0.2) is 66.6 Å². The average molecular weight is 306 g/mol. The molecule has 1 aliphatic heterocycles. The van der Waals surface area contributed by atoms with Crippen molar-refractivity contribution in [2.75, 3.05) is 39.8 Å². The van der Waals surface area contributed by atoms with Crippen LogP contribution in [0.5, 0.6) is 0 Å². The number of hydrogen-bond acceptors (Lipinski definition) is 5. The van der Waals surface area contributed by atoms with Crippen molar-refractivity contribution in [2.24, 2.45) is 0 Å². The summed E-state index contributed by atoms with van der Waals surface area (Å²) in [6, 6.07) is 3.85. The van der Waals surface area contributed by atoms with Crippen LogP contribution in [0, 0.1) is 0 Å². The maximum Gasteiger partial charge on any atom is 0.409 e. The van der Waals surface area contributed by atoms with Gasteiger partial charge in [0.1, 0.15) is 0 Å². The van der Waals surface area contributed by atoms with E-state index in [1.165, 1.54) is 0 Å². The average Bonchev–Trinajstić information content (AvgIpc) is 2.50. The van der Waals surface area contributed by atoms with Gasteiger partial charge in [-0.15, -0.1) is 0 Å². The lowest BCUT2D eigenvalue weighted by Gasteiger charge is -2.26. The Morgan fingerprint density at radius 3 is 2.95 bits per heavy atom. The van der Waals surface area contributed by atoms with E-state index in [1.54, 1.807) is 17.3 Å². The zero-order valence-electron chi connectivity index (χ0n) is 12.8. The van der Waals surface area contributed by atoms with E-state index in [9.17, 15) is 9.59 Å². The molecule has 2 rings (SSSR count). The second kappa shape index (κ2) is 8.33. The highest BCUT2D eigenvalue weighted by molar-refractivity contribution is 5.78. The fraction of sp³-hybridized carbons (Fsp3) is 0.533. The molecule has 2 heterocycles. The summed E-state index contributed by atoms with van der Waals surface area (Å²) in [5.41, 5.74) is 1.11. The predicted octanol–water partition coefficient (Wildman–Crippen LogP) is 0.472. The maximum absolute atomic E-state index is 11.9. The molecule has 2 amide bonds. The summed E-state index contributed by atoms with van der Waals surface area (Å²) in [4.78, 5) is 30.8. The number of likely N-dealkylation sites (N-methyl/N-ethyl adjacent to an activating group) is 1. The van der Waals surface area contributed by atoms with Gasteiger partial charge in [-0.25, -0.2) is 4.79 Å². The van der Waals surface area contributed by atoms with Crippen LogP contribution >= 0.6 is 0 Å². The lowest BCUT2D eigenvalue weighted by molar-refractivity contribution is -0.122. The second-order valence-electron chi connectivity index (χ2n) is 5.33. The molecule has 0 radical (unpaired) electrons. The van der Waals surface area contributed by atoms with Gasteiger partial charge >= 0.3 is 6.09 Å². The van der Waals surface area contributed by atoms with Crippen LogP contribution in [0.2, 0.25) is 0 Å². The van der Waals surface area contributed by atoms with Crippen molar-refractivity contribution in [3.63, 3.8) is 0 Å². The van der Waals surface area contributed by atoms with E-state index >= 15 is 0 Å². The number of ether oxygens (including phenoxy) is 1. The highest BCUT2D eigenvalue weighted by atomic mass is 16.6. The van der Waals surface area contributed by atoms with E-state index in [4.69, 9.17) is 4.74 Å². The summed E-state index contributed by atoms with van der Waals surface area (Å²) in [6.07, 6.45) is 4.02. The van der Waals surface area contributed by atoms with E-state index < -0.39 is 0 Å². The third-order valence-corrected chi connectivity index (χ3v) is 3.38. The minimum Gasteiger partial charge on any atom is -0.449 e. The number of carbonyl (C=O) groups is 2. The molecule has 1 aromatic heterocycles. The number of cyclic esters (lactones) is 1. The summed E-state index contributed by atoms with van der Waals surface area (Å²) in [5.74, 6) is -0.0538. The lowest BCUT2D eigenvalue weighted by atomic mass is 10.2. The van der Waals surface area contributed by atoms with Crippen LogP contribution in [0.1, 0.15) is 12.0 Å². The molecule has 1 fully saturated rings. The van der Waals surface area contributed by atoms with Crippen LogP contribution in [0.4, 0.5) is 4.79 Å². The molecule has 1 saturated heterocycles. The monoisotopic (exact) mass is 306 g/mol. The van der Waals surface area contributed by atoms with E-state index in [2.05, 4.69) is 10.3 Å². The number of rotatable bonds is 7. The first-order valence-corrected chi connectivity index (χ1v) is 7.41. The number of hydrogen-bond donors (Lipinski definition) is 1. The van der Waals surface area contributed by atoms with Crippen LogP contribution in [0.3, 0.4) is 0 Å². The predicted molar refractivity (Wildman–Crippen MR) is 81.1 cm³/mol. The molecule has 0 aliphatic carbocycles. The number of nitrogens with one attached hydrogen (secondary N) is 1. The fourth-order valence-electron chi connectivity index (χ4n) is 2.29. The van der Waals surface area contributed by atoms with Crippen molar-refractivity contribution in [1.29, 1.82) is 0 Å². The molecule has 0 saturated carbocycles. The quantitative estimate of drug-likeness (QED) is 0.793. The highest BCUT2D eigenvalue weighted by Gasteiger charge is 2.19. The van der Waals surface area contributed by atoms with E-state index in [0.29, 0.717) is 39.3 Å². The zero-order valence-corrected chi connectivity index (χ0v) is 12.8.